The van der Waals surface area contributed by atoms with Gasteiger partial charge in [0.25, 0.3) is 5.56 Å². The largest absolute Gasteiger partial charge is 0.351 e. The van der Waals surface area contributed by atoms with Gasteiger partial charge in [0.1, 0.15) is 0 Å². The third-order valence-corrected chi connectivity index (χ3v) is 5.30. The molecule has 1 aliphatic heterocycles. The van der Waals surface area contributed by atoms with Gasteiger partial charge in [0, 0.05) is 51.3 Å². The fraction of sp³-hybridized carbons (Fsp3) is 0.421. The molecule has 1 saturated heterocycles. The molecular formula is C19H24ClN7O. The Kier molecular flexibility index (Phi) is 5.23. The highest BCUT2D eigenvalue weighted by Gasteiger charge is 2.22. The molecule has 0 unspecified atom stereocenters. The number of piperazine rings is 1. The second-order valence-electron chi connectivity index (χ2n) is 6.84. The quantitative estimate of drug-likeness (QED) is 0.679. The molecular weight excluding hydrogens is 378 g/mol. The summed E-state index contributed by atoms with van der Waals surface area (Å²) in [6, 6.07) is 7.58. The van der Waals surface area contributed by atoms with Crippen molar-refractivity contribution < 1.29 is 0 Å². The van der Waals surface area contributed by atoms with Crippen molar-refractivity contribution in [3.63, 3.8) is 0 Å². The molecule has 1 fully saturated rings. The van der Waals surface area contributed by atoms with Crippen molar-refractivity contribution >= 4 is 34.7 Å². The van der Waals surface area contributed by atoms with Gasteiger partial charge in [-0.3, -0.25) is 9.36 Å². The zero-order valence-corrected chi connectivity index (χ0v) is 16.8. The lowest BCUT2D eigenvalue weighted by Crippen LogP contribution is -2.44. The number of halogens is 1. The maximum atomic E-state index is 13.1. The highest BCUT2D eigenvalue weighted by Crippen LogP contribution is 2.21. The van der Waals surface area contributed by atoms with E-state index >= 15 is 0 Å². The molecule has 0 spiro atoms. The molecule has 2 N–H and O–H groups in total. The Balaban J connectivity index is 1.70. The van der Waals surface area contributed by atoms with E-state index in [0.29, 0.717) is 35.2 Å². The number of nitrogens with zero attached hydrogens (tertiary/aromatic N) is 5. The number of aromatic nitrogens is 4. The van der Waals surface area contributed by atoms with Gasteiger partial charge < -0.3 is 20.1 Å². The minimum atomic E-state index is -0.0978. The lowest BCUT2D eigenvalue weighted by atomic mass is 10.2. The Bertz CT molecular complexity index is 1040. The molecule has 0 amide bonds. The van der Waals surface area contributed by atoms with E-state index in [1.807, 2.05) is 35.8 Å². The van der Waals surface area contributed by atoms with Gasteiger partial charge in [0.05, 0.1) is 0 Å². The number of hydrogen-bond donors (Lipinski definition) is 2. The molecule has 0 atom stereocenters. The Labute approximate surface area is 168 Å². The standard InChI is InChI=1S/C19H24ClN7O/c1-3-27-15-16(24-19(27)26-10-8-21-9-11-26)23-18(25(2)17(15)28)22-12-13-4-6-14(20)7-5-13/h4-7,21H,3,8-12H2,1-2H3,(H,22,23). The molecule has 1 aromatic carbocycles. The van der Waals surface area contributed by atoms with Crippen molar-refractivity contribution in [2.24, 2.45) is 7.05 Å². The fourth-order valence-corrected chi connectivity index (χ4v) is 3.62. The molecule has 148 valence electrons. The van der Waals surface area contributed by atoms with Crippen LogP contribution in [0.3, 0.4) is 0 Å². The maximum absolute atomic E-state index is 13.1. The molecule has 4 rings (SSSR count). The smallest absolute Gasteiger partial charge is 0.280 e. The number of aryl methyl sites for hydroxylation is 1. The summed E-state index contributed by atoms with van der Waals surface area (Å²) in [7, 11) is 1.73. The first-order valence-corrected chi connectivity index (χ1v) is 9.87. The lowest BCUT2D eigenvalue weighted by molar-refractivity contribution is 0.569. The molecule has 2 aromatic heterocycles. The van der Waals surface area contributed by atoms with Crippen LogP contribution in [-0.4, -0.2) is 45.3 Å². The summed E-state index contributed by atoms with van der Waals surface area (Å²) in [6.07, 6.45) is 0. The molecule has 0 bridgehead atoms. The molecule has 3 aromatic rings. The number of imidazole rings is 1. The average molecular weight is 402 g/mol. The zero-order chi connectivity index (χ0) is 19.7. The first-order chi connectivity index (χ1) is 13.6. The highest BCUT2D eigenvalue weighted by molar-refractivity contribution is 6.30. The third-order valence-electron chi connectivity index (χ3n) is 5.05. The second kappa shape index (κ2) is 7.81. The van der Waals surface area contributed by atoms with Gasteiger partial charge in [-0.05, 0) is 24.6 Å². The summed E-state index contributed by atoms with van der Waals surface area (Å²) in [5.41, 5.74) is 1.99. The summed E-state index contributed by atoms with van der Waals surface area (Å²) in [5.74, 6) is 1.32. The number of hydrogen-bond acceptors (Lipinski definition) is 6. The minimum absolute atomic E-state index is 0.0978. The van der Waals surface area contributed by atoms with Gasteiger partial charge >= 0.3 is 0 Å². The Hall–Kier alpha value is -2.58. The van der Waals surface area contributed by atoms with Crippen LogP contribution in [0.2, 0.25) is 5.02 Å². The Morgan fingerprint density at radius 1 is 1.18 bits per heavy atom. The van der Waals surface area contributed by atoms with Crippen LogP contribution in [0.5, 0.6) is 0 Å². The average Bonchev–Trinajstić information content (AvgIpc) is 3.10. The predicted molar refractivity (Wildman–Crippen MR) is 112 cm³/mol. The van der Waals surface area contributed by atoms with Gasteiger partial charge in [-0.2, -0.15) is 9.97 Å². The lowest BCUT2D eigenvalue weighted by Gasteiger charge is -2.28. The number of benzene rings is 1. The van der Waals surface area contributed by atoms with E-state index in [1.54, 1.807) is 11.6 Å². The molecule has 28 heavy (non-hydrogen) atoms. The Morgan fingerprint density at radius 3 is 2.57 bits per heavy atom. The fourth-order valence-electron chi connectivity index (χ4n) is 3.50. The molecule has 0 radical (unpaired) electrons. The molecule has 0 saturated carbocycles. The van der Waals surface area contributed by atoms with Crippen molar-refractivity contribution in [2.75, 3.05) is 36.4 Å². The SMILES string of the molecule is CCn1c(N2CCNCC2)nc2nc(NCc3ccc(Cl)cc3)n(C)c(=O)c21. The summed E-state index contributed by atoms with van der Waals surface area (Å²) >= 11 is 5.94. The summed E-state index contributed by atoms with van der Waals surface area (Å²) in [5, 5.41) is 7.28. The van der Waals surface area contributed by atoms with Crippen molar-refractivity contribution in [3.8, 4) is 0 Å². The van der Waals surface area contributed by atoms with E-state index in [9.17, 15) is 4.79 Å². The summed E-state index contributed by atoms with van der Waals surface area (Å²) in [4.78, 5) is 24.6. The topological polar surface area (TPSA) is 80.0 Å². The van der Waals surface area contributed by atoms with E-state index in [0.717, 1.165) is 37.7 Å². The first kappa shape index (κ1) is 18.8. The summed E-state index contributed by atoms with van der Waals surface area (Å²) in [6.45, 7) is 6.79. The van der Waals surface area contributed by atoms with Crippen LogP contribution in [0.4, 0.5) is 11.9 Å². The molecule has 3 heterocycles. The molecule has 1 aliphatic rings. The van der Waals surface area contributed by atoms with Crippen molar-refractivity contribution in [3.05, 3.63) is 45.2 Å². The second-order valence-corrected chi connectivity index (χ2v) is 7.28. The molecule has 0 aliphatic carbocycles. The molecule has 9 heteroatoms. The van der Waals surface area contributed by atoms with E-state index in [1.165, 1.54) is 0 Å². The minimum Gasteiger partial charge on any atom is -0.351 e. The van der Waals surface area contributed by atoms with Crippen molar-refractivity contribution in [2.45, 2.75) is 20.0 Å². The van der Waals surface area contributed by atoms with Gasteiger partial charge in [0.15, 0.2) is 11.2 Å². The zero-order valence-electron chi connectivity index (χ0n) is 16.1. The van der Waals surface area contributed by atoms with Gasteiger partial charge in [-0.25, -0.2) is 0 Å². The summed E-state index contributed by atoms with van der Waals surface area (Å²) < 4.78 is 3.52. The van der Waals surface area contributed by atoms with Crippen LogP contribution >= 0.6 is 11.6 Å². The number of nitrogens with one attached hydrogen (secondary N) is 2. The van der Waals surface area contributed by atoms with Gasteiger partial charge in [-0.15, -0.1) is 0 Å². The first-order valence-electron chi connectivity index (χ1n) is 9.49. The monoisotopic (exact) mass is 401 g/mol. The number of anilines is 2. The van der Waals surface area contributed by atoms with E-state index in [-0.39, 0.29) is 5.56 Å². The van der Waals surface area contributed by atoms with E-state index in [4.69, 9.17) is 16.6 Å². The van der Waals surface area contributed by atoms with Crippen LogP contribution < -0.4 is 21.1 Å². The normalized spacial score (nSPS) is 14.6. The van der Waals surface area contributed by atoms with E-state index in [2.05, 4.69) is 20.5 Å². The van der Waals surface area contributed by atoms with Gasteiger partial charge in [0.2, 0.25) is 11.9 Å². The Morgan fingerprint density at radius 2 is 1.89 bits per heavy atom. The van der Waals surface area contributed by atoms with Gasteiger partial charge in [-0.1, -0.05) is 23.7 Å². The van der Waals surface area contributed by atoms with Crippen LogP contribution in [-0.2, 0) is 20.1 Å². The number of fused-ring (bicyclic) bond motifs is 1. The van der Waals surface area contributed by atoms with Crippen LogP contribution in [0.25, 0.3) is 11.2 Å². The predicted octanol–water partition coefficient (Wildman–Crippen LogP) is 1.82. The highest BCUT2D eigenvalue weighted by atomic mass is 35.5. The van der Waals surface area contributed by atoms with Crippen molar-refractivity contribution in [1.82, 2.24) is 24.4 Å². The van der Waals surface area contributed by atoms with Crippen LogP contribution in [0, 0.1) is 0 Å². The maximum Gasteiger partial charge on any atom is 0.280 e. The van der Waals surface area contributed by atoms with Crippen LogP contribution in [0.15, 0.2) is 29.1 Å². The number of rotatable bonds is 5. The molecule has 8 nitrogen and oxygen atoms in total. The van der Waals surface area contributed by atoms with Crippen molar-refractivity contribution in [1.29, 1.82) is 0 Å². The third kappa shape index (κ3) is 3.45. The van der Waals surface area contributed by atoms with Crippen LogP contribution in [0.1, 0.15) is 12.5 Å². The van der Waals surface area contributed by atoms with E-state index < -0.39 is 0 Å².